The van der Waals surface area contributed by atoms with E-state index >= 15 is 0 Å². The van der Waals surface area contributed by atoms with Crippen LogP contribution in [0.2, 0.25) is 5.15 Å². The van der Waals surface area contributed by atoms with E-state index in [2.05, 4.69) is 15.2 Å². The van der Waals surface area contributed by atoms with Gasteiger partial charge in [0.05, 0.1) is 0 Å². The minimum Gasteiger partial charge on any atom is -0.361 e. The lowest BCUT2D eigenvalue weighted by Crippen LogP contribution is -2.40. The molecule has 1 aliphatic rings. The average molecular weight is 361 g/mol. The highest BCUT2D eigenvalue weighted by Crippen LogP contribution is 2.37. The minimum absolute atomic E-state index is 0.214. The first-order valence-electron chi connectivity index (χ1n) is 8.17. The molecule has 0 radical (unpaired) electrons. The Balaban J connectivity index is 1.61. The lowest BCUT2D eigenvalue weighted by Gasteiger charge is -2.41. The third kappa shape index (κ3) is 2.96. The number of aromatic nitrogens is 3. The van der Waals surface area contributed by atoms with Crippen molar-refractivity contribution in [2.45, 2.75) is 25.9 Å². The van der Waals surface area contributed by atoms with Crippen LogP contribution in [0.5, 0.6) is 0 Å². The number of likely N-dealkylation sites (tertiary alicyclic amines) is 1. The van der Waals surface area contributed by atoms with Crippen LogP contribution in [0.4, 0.5) is 4.39 Å². The molecule has 3 heterocycles. The van der Waals surface area contributed by atoms with Crippen molar-refractivity contribution in [1.82, 2.24) is 19.8 Å². The Hall–Kier alpha value is -2.18. The first-order valence-corrected chi connectivity index (χ1v) is 8.55. The molecule has 1 aromatic carbocycles. The van der Waals surface area contributed by atoms with E-state index in [1.165, 1.54) is 12.1 Å². The third-order valence-electron chi connectivity index (χ3n) is 4.69. The lowest BCUT2D eigenvalue weighted by molar-refractivity contribution is 0.0820. The summed E-state index contributed by atoms with van der Waals surface area (Å²) < 4.78 is 20.0. The molecule has 0 saturated carbocycles. The maximum Gasteiger partial charge on any atom is 0.134 e. The topological polar surface area (TPSA) is 47.1 Å². The molecule has 0 aliphatic carbocycles. The highest BCUT2D eigenvalue weighted by atomic mass is 35.5. The van der Waals surface area contributed by atoms with Gasteiger partial charge < -0.3 is 4.52 Å². The molecule has 0 amide bonds. The fraction of sp³-hybridized carbons (Fsp3) is 0.333. The van der Waals surface area contributed by atoms with Gasteiger partial charge in [-0.25, -0.2) is 4.39 Å². The normalized spacial score (nSPS) is 17.7. The van der Waals surface area contributed by atoms with Gasteiger partial charge >= 0.3 is 0 Å². The van der Waals surface area contributed by atoms with Gasteiger partial charge in [-0.1, -0.05) is 28.9 Å². The summed E-state index contributed by atoms with van der Waals surface area (Å²) >= 11 is 6.48. The number of rotatable bonds is 4. The summed E-state index contributed by atoms with van der Waals surface area (Å²) in [7, 11) is 1.82. The zero-order chi connectivity index (χ0) is 17.6. The zero-order valence-corrected chi connectivity index (χ0v) is 14.8. The fourth-order valence-electron chi connectivity index (χ4n) is 3.27. The van der Waals surface area contributed by atoms with Crippen molar-refractivity contribution in [2.75, 3.05) is 6.54 Å². The molecule has 4 rings (SSSR count). The van der Waals surface area contributed by atoms with Crippen molar-refractivity contribution in [3.63, 3.8) is 0 Å². The van der Waals surface area contributed by atoms with E-state index in [0.29, 0.717) is 17.4 Å². The van der Waals surface area contributed by atoms with E-state index < -0.39 is 0 Å². The van der Waals surface area contributed by atoms with Gasteiger partial charge in [-0.05, 0) is 31.0 Å². The quantitative estimate of drug-likeness (QED) is 0.702. The Kier molecular flexibility index (Phi) is 4.09. The molecule has 0 bridgehead atoms. The van der Waals surface area contributed by atoms with Crippen LogP contribution in [0.25, 0.3) is 11.4 Å². The molecule has 2 aromatic heterocycles. The van der Waals surface area contributed by atoms with Crippen LogP contribution >= 0.6 is 11.6 Å². The van der Waals surface area contributed by atoms with E-state index in [1.807, 2.05) is 32.2 Å². The highest BCUT2D eigenvalue weighted by molar-refractivity contribution is 6.30. The summed E-state index contributed by atoms with van der Waals surface area (Å²) in [6.07, 6.45) is 1.04. The van der Waals surface area contributed by atoms with Crippen molar-refractivity contribution >= 4 is 11.6 Å². The molecule has 3 aromatic rings. The number of halogens is 2. The van der Waals surface area contributed by atoms with Crippen LogP contribution in [0.1, 0.15) is 29.3 Å². The SMILES string of the molecule is Cc1cc(-c2nn(C)c(Cl)c2CN2CC[C@@H]2c2ccc(F)cc2)no1. The molecule has 1 fully saturated rings. The summed E-state index contributed by atoms with van der Waals surface area (Å²) in [4.78, 5) is 2.31. The highest BCUT2D eigenvalue weighted by Gasteiger charge is 2.32. The Bertz CT molecular complexity index is 902. The van der Waals surface area contributed by atoms with Gasteiger partial charge in [-0.15, -0.1) is 0 Å². The van der Waals surface area contributed by atoms with E-state index in [4.69, 9.17) is 16.1 Å². The molecule has 25 heavy (non-hydrogen) atoms. The second-order valence-corrected chi connectivity index (χ2v) is 6.75. The van der Waals surface area contributed by atoms with Crippen LogP contribution < -0.4 is 0 Å². The van der Waals surface area contributed by atoms with E-state index in [-0.39, 0.29) is 11.9 Å². The number of hydrogen-bond acceptors (Lipinski definition) is 4. The molecule has 130 valence electrons. The summed E-state index contributed by atoms with van der Waals surface area (Å²) in [5, 5.41) is 9.17. The number of aryl methyl sites for hydroxylation is 2. The summed E-state index contributed by atoms with van der Waals surface area (Å²) in [5.74, 6) is 0.518. The van der Waals surface area contributed by atoms with Gasteiger partial charge in [0.15, 0.2) is 0 Å². The van der Waals surface area contributed by atoms with Crippen LogP contribution in [0, 0.1) is 12.7 Å². The first kappa shape index (κ1) is 16.3. The standard InChI is InChI=1S/C18H18ClFN4O/c1-11-9-15(22-25-11)17-14(18(19)23(2)21-17)10-24-8-7-16(24)12-3-5-13(20)6-4-12/h3-6,9,16H,7-8,10H2,1-2H3/t16-/m1/s1. The second kappa shape index (κ2) is 6.28. The first-order chi connectivity index (χ1) is 12.0. The van der Waals surface area contributed by atoms with E-state index in [0.717, 1.165) is 35.5 Å². The predicted octanol–water partition coefficient (Wildman–Crippen LogP) is 4.12. The fourth-order valence-corrected chi connectivity index (χ4v) is 3.45. The summed E-state index contributed by atoms with van der Waals surface area (Å²) in [5.41, 5.74) is 3.48. The zero-order valence-electron chi connectivity index (χ0n) is 14.0. The second-order valence-electron chi connectivity index (χ2n) is 6.39. The van der Waals surface area contributed by atoms with Gasteiger partial charge in [0.25, 0.3) is 0 Å². The third-order valence-corrected chi connectivity index (χ3v) is 5.16. The minimum atomic E-state index is -0.214. The van der Waals surface area contributed by atoms with Crippen LogP contribution in [-0.2, 0) is 13.6 Å². The molecular weight excluding hydrogens is 343 g/mol. The van der Waals surface area contributed by atoms with Crippen LogP contribution in [-0.4, -0.2) is 26.4 Å². The largest absolute Gasteiger partial charge is 0.361 e. The van der Waals surface area contributed by atoms with Crippen LogP contribution in [0.15, 0.2) is 34.9 Å². The van der Waals surface area contributed by atoms with Crippen molar-refractivity contribution < 1.29 is 8.91 Å². The molecule has 1 atom stereocenters. The monoisotopic (exact) mass is 360 g/mol. The molecule has 1 saturated heterocycles. The van der Waals surface area contributed by atoms with Gasteiger partial charge in [-0.3, -0.25) is 9.58 Å². The maximum atomic E-state index is 13.2. The van der Waals surface area contributed by atoms with Gasteiger partial charge in [-0.2, -0.15) is 5.10 Å². The van der Waals surface area contributed by atoms with E-state index in [9.17, 15) is 4.39 Å². The maximum absolute atomic E-state index is 13.2. The molecule has 5 nitrogen and oxygen atoms in total. The van der Waals surface area contributed by atoms with Crippen molar-refractivity contribution in [2.24, 2.45) is 7.05 Å². The Labute approximate surface area is 150 Å². The smallest absolute Gasteiger partial charge is 0.134 e. The molecule has 1 aliphatic heterocycles. The molecule has 0 spiro atoms. The summed E-state index contributed by atoms with van der Waals surface area (Å²) in [6.45, 7) is 3.47. The molecule has 0 unspecified atom stereocenters. The predicted molar refractivity (Wildman–Crippen MR) is 92.6 cm³/mol. The van der Waals surface area contributed by atoms with Gasteiger partial charge in [0.2, 0.25) is 0 Å². The Morgan fingerprint density at radius 1 is 1.32 bits per heavy atom. The number of benzene rings is 1. The number of hydrogen-bond donors (Lipinski definition) is 0. The van der Waals surface area contributed by atoms with Gasteiger partial charge in [0, 0.05) is 37.8 Å². The van der Waals surface area contributed by atoms with Crippen molar-refractivity contribution in [3.8, 4) is 11.4 Å². The Morgan fingerprint density at radius 3 is 2.68 bits per heavy atom. The van der Waals surface area contributed by atoms with Gasteiger partial charge in [0.1, 0.15) is 28.1 Å². The Morgan fingerprint density at radius 2 is 2.08 bits per heavy atom. The molecule has 0 N–H and O–H groups in total. The van der Waals surface area contributed by atoms with Crippen molar-refractivity contribution in [1.29, 1.82) is 0 Å². The summed E-state index contributed by atoms with van der Waals surface area (Å²) in [6, 6.07) is 8.83. The van der Waals surface area contributed by atoms with E-state index in [1.54, 1.807) is 4.68 Å². The van der Waals surface area contributed by atoms with Crippen LogP contribution in [0.3, 0.4) is 0 Å². The molecule has 7 heteroatoms. The average Bonchev–Trinajstić information content (AvgIpc) is 3.11. The lowest BCUT2D eigenvalue weighted by atomic mass is 9.94. The number of nitrogens with zero attached hydrogens (tertiary/aromatic N) is 4. The van der Waals surface area contributed by atoms with Crippen molar-refractivity contribution in [3.05, 3.63) is 58.2 Å². The molecular formula is C18H18ClFN4O.